The lowest BCUT2D eigenvalue weighted by atomic mass is 10.1. The predicted molar refractivity (Wildman–Crippen MR) is 110 cm³/mol. The number of amides is 1. The number of benzene rings is 2. The molecule has 0 unspecified atom stereocenters. The first kappa shape index (κ1) is 18.5. The number of guanidine groups is 1. The average molecular weight is 363 g/mol. The van der Waals surface area contributed by atoms with Gasteiger partial charge in [-0.05, 0) is 41.6 Å². The molecule has 0 aliphatic carbocycles. The third-order valence-corrected chi connectivity index (χ3v) is 4.47. The lowest BCUT2D eigenvalue weighted by Gasteiger charge is -2.12. The van der Waals surface area contributed by atoms with Crippen LogP contribution in [0.3, 0.4) is 0 Å². The summed E-state index contributed by atoms with van der Waals surface area (Å²) in [7, 11) is 1.75. The molecular weight excluding hydrogens is 338 g/mol. The minimum Gasteiger partial charge on any atom is -0.366 e. The molecule has 0 saturated carbocycles. The molecule has 0 bridgehead atoms. The summed E-state index contributed by atoms with van der Waals surface area (Å²) in [5.74, 6) is 0.341. The molecule has 0 spiro atoms. The van der Waals surface area contributed by atoms with Crippen molar-refractivity contribution in [3.8, 4) is 0 Å². The Morgan fingerprint density at radius 3 is 2.59 bits per heavy atom. The van der Waals surface area contributed by atoms with Gasteiger partial charge in [-0.1, -0.05) is 30.3 Å². The van der Waals surface area contributed by atoms with Gasteiger partial charge in [0.05, 0.1) is 0 Å². The molecule has 1 heterocycles. The molecule has 2 aromatic carbocycles. The average Bonchev–Trinajstić information content (AvgIpc) is 3.11. The molecular formula is C21H25N5O. The van der Waals surface area contributed by atoms with E-state index in [1.807, 2.05) is 12.1 Å². The summed E-state index contributed by atoms with van der Waals surface area (Å²) in [5.41, 5.74) is 8.09. The number of primary amides is 1. The molecule has 0 atom stereocenters. The number of aromatic nitrogens is 1. The Balaban J connectivity index is 1.43. The zero-order chi connectivity index (χ0) is 19.1. The molecule has 0 saturated heterocycles. The first-order chi connectivity index (χ1) is 13.2. The third kappa shape index (κ3) is 4.88. The van der Waals surface area contributed by atoms with Gasteiger partial charge in [0.2, 0.25) is 5.91 Å². The molecule has 1 amide bonds. The van der Waals surface area contributed by atoms with E-state index in [1.54, 1.807) is 19.2 Å². The highest BCUT2D eigenvalue weighted by atomic mass is 16.1. The highest BCUT2D eigenvalue weighted by Gasteiger charge is 2.02. The van der Waals surface area contributed by atoms with Crippen LogP contribution in [0.1, 0.15) is 22.3 Å². The fourth-order valence-corrected chi connectivity index (χ4v) is 2.99. The van der Waals surface area contributed by atoms with Crippen molar-refractivity contribution in [3.63, 3.8) is 0 Å². The normalized spacial score (nSPS) is 11.5. The van der Waals surface area contributed by atoms with Gasteiger partial charge in [-0.15, -0.1) is 0 Å². The Labute approximate surface area is 159 Å². The molecule has 6 heteroatoms. The van der Waals surface area contributed by atoms with Gasteiger partial charge < -0.3 is 20.9 Å². The van der Waals surface area contributed by atoms with E-state index >= 15 is 0 Å². The van der Waals surface area contributed by atoms with E-state index < -0.39 is 5.91 Å². The topological polar surface area (TPSA) is 84.4 Å². The SMILES string of the molecule is CN=C(NCCCn1ccc2ccccc21)NCc1ccc(C(N)=O)cc1. The Kier molecular flexibility index (Phi) is 6.10. The highest BCUT2D eigenvalue weighted by molar-refractivity contribution is 5.92. The zero-order valence-electron chi connectivity index (χ0n) is 15.5. The van der Waals surface area contributed by atoms with Crippen molar-refractivity contribution in [2.45, 2.75) is 19.5 Å². The summed E-state index contributed by atoms with van der Waals surface area (Å²) in [6.07, 6.45) is 3.13. The molecule has 0 aliphatic heterocycles. The standard InChI is InChI=1S/C21H25N5O/c1-23-21(25-15-16-7-9-18(10-8-16)20(22)27)24-12-4-13-26-14-11-17-5-2-3-6-19(17)26/h2-3,5-11,14H,4,12-13,15H2,1H3,(H2,22,27)(H2,23,24,25). The van der Waals surface area contributed by atoms with E-state index in [1.165, 1.54) is 10.9 Å². The second kappa shape index (κ2) is 8.89. The van der Waals surface area contributed by atoms with Gasteiger partial charge in [-0.25, -0.2) is 0 Å². The van der Waals surface area contributed by atoms with Gasteiger partial charge in [-0.2, -0.15) is 0 Å². The van der Waals surface area contributed by atoms with E-state index in [9.17, 15) is 4.79 Å². The molecule has 1 aromatic heterocycles. The van der Waals surface area contributed by atoms with Gasteiger partial charge in [0.1, 0.15) is 0 Å². The maximum Gasteiger partial charge on any atom is 0.248 e. The number of nitrogens with zero attached hydrogens (tertiary/aromatic N) is 2. The second-order valence-electron chi connectivity index (χ2n) is 6.34. The molecule has 0 radical (unpaired) electrons. The first-order valence-electron chi connectivity index (χ1n) is 9.04. The highest BCUT2D eigenvalue weighted by Crippen LogP contribution is 2.15. The van der Waals surface area contributed by atoms with Gasteiger partial charge in [0, 0.05) is 44.0 Å². The number of nitrogens with two attached hydrogens (primary N) is 1. The fourth-order valence-electron chi connectivity index (χ4n) is 2.99. The van der Waals surface area contributed by atoms with E-state index in [0.29, 0.717) is 12.1 Å². The second-order valence-corrected chi connectivity index (χ2v) is 6.34. The lowest BCUT2D eigenvalue weighted by Crippen LogP contribution is -2.37. The number of rotatable bonds is 7. The predicted octanol–water partition coefficient (Wildman–Crippen LogP) is 2.50. The quantitative estimate of drug-likeness (QED) is 0.343. The van der Waals surface area contributed by atoms with Gasteiger partial charge in [-0.3, -0.25) is 9.79 Å². The van der Waals surface area contributed by atoms with Crippen LogP contribution in [-0.2, 0) is 13.1 Å². The number of hydrogen-bond acceptors (Lipinski definition) is 2. The molecule has 27 heavy (non-hydrogen) atoms. The van der Waals surface area contributed by atoms with Crippen LogP contribution in [0.25, 0.3) is 10.9 Å². The molecule has 0 fully saturated rings. The number of carbonyl (C=O) groups excluding carboxylic acids is 1. The van der Waals surface area contributed by atoms with Gasteiger partial charge in [0.15, 0.2) is 5.96 Å². The van der Waals surface area contributed by atoms with Crippen LogP contribution in [-0.4, -0.2) is 30.0 Å². The van der Waals surface area contributed by atoms with Crippen LogP contribution < -0.4 is 16.4 Å². The van der Waals surface area contributed by atoms with E-state index in [-0.39, 0.29) is 0 Å². The van der Waals surface area contributed by atoms with E-state index in [2.05, 4.69) is 56.7 Å². The molecule has 3 aromatic rings. The number of para-hydroxylation sites is 1. The van der Waals surface area contributed by atoms with Crippen LogP contribution >= 0.6 is 0 Å². The minimum absolute atomic E-state index is 0.414. The summed E-state index contributed by atoms with van der Waals surface area (Å²) in [6, 6.07) is 17.8. The monoisotopic (exact) mass is 363 g/mol. The molecule has 0 aliphatic rings. The smallest absolute Gasteiger partial charge is 0.248 e. The molecule has 140 valence electrons. The van der Waals surface area contributed by atoms with Gasteiger partial charge >= 0.3 is 0 Å². The zero-order valence-corrected chi connectivity index (χ0v) is 15.5. The summed E-state index contributed by atoms with van der Waals surface area (Å²) in [5, 5.41) is 7.87. The van der Waals surface area contributed by atoms with Crippen molar-refractivity contribution in [1.82, 2.24) is 15.2 Å². The van der Waals surface area contributed by atoms with E-state index in [4.69, 9.17) is 5.73 Å². The van der Waals surface area contributed by atoms with Crippen LogP contribution in [0.15, 0.2) is 65.8 Å². The first-order valence-corrected chi connectivity index (χ1v) is 9.04. The Hall–Kier alpha value is -3.28. The maximum atomic E-state index is 11.1. The third-order valence-electron chi connectivity index (χ3n) is 4.47. The number of fused-ring (bicyclic) bond motifs is 1. The summed E-state index contributed by atoms with van der Waals surface area (Å²) in [4.78, 5) is 15.4. The summed E-state index contributed by atoms with van der Waals surface area (Å²) >= 11 is 0. The van der Waals surface area contributed by atoms with Gasteiger partial charge in [0.25, 0.3) is 0 Å². The lowest BCUT2D eigenvalue weighted by molar-refractivity contribution is 0.100. The molecule has 3 rings (SSSR count). The van der Waals surface area contributed by atoms with Crippen molar-refractivity contribution in [3.05, 3.63) is 71.9 Å². The van der Waals surface area contributed by atoms with Crippen molar-refractivity contribution < 1.29 is 4.79 Å². The van der Waals surface area contributed by atoms with Crippen molar-refractivity contribution in [2.24, 2.45) is 10.7 Å². The fraction of sp³-hybridized carbons (Fsp3) is 0.238. The maximum absolute atomic E-state index is 11.1. The number of aliphatic imine (C=N–C) groups is 1. The van der Waals surface area contributed by atoms with Crippen molar-refractivity contribution in [1.29, 1.82) is 0 Å². The number of nitrogens with one attached hydrogen (secondary N) is 2. The summed E-state index contributed by atoms with van der Waals surface area (Å²) in [6.45, 7) is 2.40. The Bertz CT molecular complexity index is 927. The van der Waals surface area contributed by atoms with Crippen LogP contribution in [0.4, 0.5) is 0 Å². The largest absolute Gasteiger partial charge is 0.366 e. The van der Waals surface area contributed by atoms with E-state index in [0.717, 1.165) is 31.0 Å². The minimum atomic E-state index is -0.414. The Morgan fingerprint density at radius 2 is 1.85 bits per heavy atom. The molecule has 6 nitrogen and oxygen atoms in total. The Morgan fingerprint density at radius 1 is 1.07 bits per heavy atom. The number of carbonyl (C=O) groups is 1. The van der Waals surface area contributed by atoms with Crippen molar-refractivity contribution >= 4 is 22.8 Å². The molecule has 4 N–H and O–H groups in total. The summed E-state index contributed by atoms with van der Waals surface area (Å²) < 4.78 is 2.27. The number of hydrogen-bond donors (Lipinski definition) is 3. The van der Waals surface area contributed by atoms with Crippen molar-refractivity contribution in [2.75, 3.05) is 13.6 Å². The van der Waals surface area contributed by atoms with Crippen LogP contribution in [0, 0.1) is 0 Å². The van der Waals surface area contributed by atoms with Crippen LogP contribution in [0.2, 0.25) is 0 Å². The van der Waals surface area contributed by atoms with Crippen LogP contribution in [0.5, 0.6) is 0 Å². The number of aryl methyl sites for hydroxylation is 1.